The summed E-state index contributed by atoms with van der Waals surface area (Å²) in [6.07, 6.45) is 5.95. The van der Waals surface area contributed by atoms with Crippen molar-refractivity contribution in [3.63, 3.8) is 0 Å². The Morgan fingerprint density at radius 3 is 2.94 bits per heavy atom. The van der Waals surface area contributed by atoms with Crippen molar-refractivity contribution in [1.29, 1.82) is 0 Å². The number of hydrogen-bond donors (Lipinski definition) is 1. The van der Waals surface area contributed by atoms with Gasteiger partial charge in [-0.3, -0.25) is 4.98 Å². The van der Waals surface area contributed by atoms with E-state index in [0.717, 1.165) is 18.4 Å². The summed E-state index contributed by atoms with van der Waals surface area (Å²) in [7, 11) is 0. The smallest absolute Gasteiger partial charge is 0.0570 e. The van der Waals surface area contributed by atoms with Gasteiger partial charge in [-0.1, -0.05) is 26.3 Å². The van der Waals surface area contributed by atoms with Crippen LogP contribution in [-0.4, -0.2) is 11.0 Å². The Kier molecular flexibility index (Phi) is 4.16. The summed E-state index contributed by atoms with van der Waals surface area (Å²) in [6, 6.07) is 4.81. The molecule has 0 bridgehead atoms. The highest BCUT2D eigenvalue weighted by Crippen LogP contribution is 2.28. The quantitative estimate of drug-likeness (QED) is 0.865. The van der Waals surface area contributed by atoms with Crippen molar-refractivity contribution in [2.24, 2.45) is 11.8 Å². The molecule has 1 heterocycles. The third-order valence-corrected chi connectivity index (χ3v) is 4.11. The van der Waals surface area contributed by atoms with Crippen LogP contribution in [0.3, 0.4) is 0 Å². The molecule has 0 aliphatic heterocycles. The first-order valence-corrected chi connectivity index (χ1v) is 6.80. The second-order valence-corrected chi connectivity index (χ2v) is 5.65. The zero-order valence-electron chi connectivity index (χ0n) is 11.2. The molecule has 1 aliphatic rings. The van der Waals surface area contributed by atoms with Crippen LogP contribution in [0.4, 0.5) is 0 Å². The van der Waals surface area contributed by atoms with E-state index < -0.39 is 0 Å². The molecule has 3 unspecified atom stereocenters. The van der Waals surface area contributed by atoms with Crippen LogP contribution in [0.25, 0.3) is 0 Å². The Morgan fingerprint density at radius 1 is 1.35 bits per heavy atom. The van der Waals surface area contributed by atoms with Gasteiger partial charge in [0.05, 0.1) is 5.69 Å². The summed E-state index contributed by atoms with van der Waals surface area (Å²) >= 11 is 0. The summed E-state index contributed by atoms with van der Waals surface area (Å²) in [6.45, 7) is 7.78. The van der Waals surface area contributed by atoms with Gasteiger partial charge in [-0.15, -0.1) is 0 Å². The van der Waals surface area contributed by atoms with Gasteiger partial charge < -0.3 is 5.32 Å². The van der Waals surface area contributed by atoms with E-state index in [1.165, 1.54) is 30.5 Å². The predicted octanol–water partition coefficient (Wildman–Crippen LogP) is 3.30. The highest BCUT2D eigenvalue weighted by Gasteiger charge is 2.24. The molecular formula is C15H24N2. The molecule has 2 rings (SSSR count). The largest absolute Gasteiger partial charge is 0.308 e. The lowest BCUT2D eigenvalue weighted by Gasteiger charge is -2.33. The van der Waals surface area contributed by atoms with Crippen LogP contribution in [0.5, 0.6) is 0 Å². The van der Waals surface area contributed by atoms with Gasteiger partial charge in [0, 0.05) is 18.8 Å². The zero-order valence-corrected chi connectivity index (χ0v) is 11.2. The average Bonchev–Trinajstić information content (AvgIpc) is 2.32. The van der Waals surface area contributed by atoms with Crippen LogP contribution >= 0.6 is 0 Å². The maximum Gasteiger partial charge on any atom is 0.0570 e. The van der Waals surface area contributed by atoms with E-state index in [2.05, 4.69) is 37.1 Å². The average molecular weight is 232 g/mol. The molecule has 94 valence electrons. The van der Waals surface area contributed by atoms with Gasteiger partial charge in [0.15, 0.2) is 0 Å². The van der Waals surface area contributed by atoms with Crippen molar-refractivity contribution in [3.05, 3.63) is 29.6 Å². The van der Waals surface area contributed by atoms with Crippen LogP contribution in [0.15, 0.2) is 18.3 Å². The first kappa shape index (κ1) is 12.6. The molecule has 17 heavy (non-hydrogen) atoms. The second kappa shape index (κ2) is 5.63. The lowest BCUT2D eigenvalue weighted by molar-refractivity contribution is 0.227. The van der Waals surface area contributed by atoms with E-state index in [0.29, 0.717) is 6.04 Å². The summed E-state index contributed by atoms with van der Waals surface area (Å²) in [5, 5.41) is 3.70. The van der Waals surface area contributed by atoms with Crippen molar-refractivity contribution < 1.29 is 0 Å². The number of nitrogens with zero attached hydrogens (tertiary/aromatic N) is 1. The minimum Gasteiger partial charge on any atom is -0.308 e. The van der Waals surface area contributed by atoms with Gasteiger partial charge in [0.25, 0.3) is 0 Å². The normalized spacial score (nSPS) is 29.2. The third kappa shape index (κ3) is 3.29. The minimum atomic E-state index is 0.667. The fourth-order valence-electron chi connectivity index (χ4n) is 2.75. The van der Waals surface area contributed by atoms with Crippen LogP contribution in [0.2, 0.25) is 0 Å². The van der Waals surface area contributed by atoms with Crippen molar-refractivity contribution in [3.8, 4) is 0 Å². The highest BCUT2D eigenvalue weighted by molar-refractivity contribution is 5.17. The van der Waals surface area contributed by atoms with Crippen molar-refractivity contribution >= 4 is 0 Å². The SMILES string of the molecule is Cc1cccnc1CNC1CC(C)CCC1C. The number of rotatable bonds is 3. The van der Waals surface area contributed by atoms with Gasteiger partial charge in [-0.25, -0.2) is 0 Å². The molecule has 1 aromatic rings. The van der Waals surface area contributed by atoms with Crippen LogP contribution < -0.4 is 5.32 Å². The molecule has 1 aromatic heterocycles. The van der Waals surface area contributed by atoms with Gasteiger partial charge in [0.2, 0.25) is 0 Å². The molecule has 1 N–H and O–H groups in total. The van der Waals surface area contributed by atoms with E-state index in [1.54, 1.807) is 0 Å². The molecule has 0 spiro atoms. The summed E-state index contributed by atoms with van der Waals surface area (Å²) in [4.78, 5) is 4.44. The van der Waals surface area contributed by atoms with Crippen molar-refractivity contribution in [2.45, 2.75) is 52.6 Å². The van der Waals surface area contributed by atoms with Crippen molar-refractivity contribution in [2.75, 3.05) is 0 Å². The van der Waals surface area contributed by atoms with Gasteiger partial charge >= 0.3 is 0 Å². The molecule has 2 heteroatoms. The fraction of sp³-hybridized carbons (Fsp3) is 0.667. The monoisotopic (exact) mass is 232 g/mol. The van der Waals surface area contributed by atoms with Crippen LogP contribution in [-0.2, 0) is 6.54 Å². The topological polar surface area (TPSA) is 24.9 Å². The molecular weight excluding hydrogens is 208 g/mol. The molecule has 0 amide bonds. The molecule has 1 aliphatic carbocycles. The Balaban J connectivity index is 1.91. The summed E-state index contributed by atoms with van der Waals surface area (Å²) in [5.41, 5.74) is 2.48. The predicted molar refractivity (Wildman–Crippen MR) is 71.8 cm³/mol. The number of pyridine rings is 1. The Bertz CT molecular complexity index is 362. The summed E-state index contributed by atoms with van der Waals surface area (Å²) < 4.78 is 0. The third-order valence-electron chi connectivity index (χ3n) is 4.11. The second-order valence-electron chi connectivity index (χ2n) is 5.65. The fourth-order valence-corrected chi connectivity index (χ4v) is 2.75. The molecule has 1 fully saturated rings. The number of nitrogens with one attached hydrogen (secondary N) is 1. The maximum atomic E-state index is 4.44. The van der Waals surface area contributed by atoms with Crippen LogP contribution in [0.1, 0.15) is 44.4 Å². The van der Waals surface area contributed by atoms with E-state index in [4.69, 9.17) is 0 Å². The minimum absolute atomic E-state index is 0.667. The highest BCUT2D eigenvalue weighted by atomic mass is 14.9. The molecule has 3 atom stereocenters. The van der Waals surface area contributed by atoms with E-state index in [1.807, 2.05) is 12.3 Å². The van der Waals surface area contributed by atoms with E-state index in [-0.39, 0.29) is 0 Å². The lowest BCUT2D eigenvalue weighted by Crippen LogP contribution is -2.39. The summed E-state index contributed by atoms with van der Waals surface area (Å²) in [5.74, 6) is 1.67. The molecule has 1 saturated carbocycles. The van der Waals surface area contributed by atoms with Gasteiger partial charge in [-0.2, -0.15) is 0 Å². The molecule has 0 radical (unpaired) electrons. The van der Waals surface area contributed by atoms with Gasteiger partial charge in [0.1, 0.15) is 0 Å². The first-order valence-electron chi connectivity index (χ1n) is 6.80. The maximum absolute atomic E-state index is 4.44. The standard InChI is InChI=1S/C15H24N2/c1-11-6-7-13(3)14(9-11)17-10-15-12(2)5-4-8-16-15/h4-5,8,11,13-14,17H,6-7,9-10H2,1-3H3. The van der Waals surface area contributed by atoms with Gasteiger partial charge in [-0.05, 0) is 43.2 Å². The molecule has 2 nitrogen and oxygen atoms in total. The van der Waals surface area contributed by atoms with Crippen molar-refractivity contribution in [1.82, 2.24) is 10.3 Å². The Labute approximate surface area is 105 Å². The molecule has 0 aromatic carbocycles. The molecule has 0 saturated heterocycles. The number of hydrogen-bond acceptors (Lipinski definition) is 2. The Hall–Kier alpha value is -0.890. The first-order chi connectivity index (χ1) is 8.16. The van der Waals surface area contributed by atoms with Crippen LogP contribution in [0, 0.1) is 18.8 Å². The Morgan fingerprint density at radius 2 is 2.18 bits per heavy atom. The number of aryl methyl sites for hydroxylation is 1. The van der Waals surface area contributed by atoms with E-state index >= 15 is 0 Å². The van der Waals surface area contributed by atoms with E-state index in [9.17, 15) is 0 Å². The lowest BCUT2D eigenvalue weighted by atomic mass is 9.80. The zero-order chi connectivity index (χ0) is 12.3. The number of aromatic nitrogens is 1.